The van der Waals surface area contributed by atoms with E-state index >= 15 is 0 Å². The molecule has 2 rings (SSSR count). The molecule has 0 saturated heterocycles. The molecule has 0 atom stereocenters. The molecule has 0 radical (unpaired) electrons. The van der Waals surface area contributed by atoms with Gasteiger partial charge in [-0.1, -0.05) is 12.1 Å². The first kappa shape index (κ1) is 16.3. The molecule has 118 valence electrons. The van der Waals surface area contributed by atoms with E-state index in [0.717, 1.165) is 6.07 Å². The molecule has 0 unspecified atom stereocenters. The zero-order valence-corrected chi connectivity index (χ0v) is 12.0. The van der Waals surface area contributed by atoms with Gasteiger partial charge in [-0.25, -0.2) is 9.18 Å². The number of alkyl halides is 3. The first-order valence-corrected chi connectivity index (χ1v) is 7.18. The van der Waals surface area contributed by atoms with Crippen molar-refractivity contribution in [2.75, 3.05) is 11.9 Å². The van der Waals surface area contributed by atoms with Crippen LogP contribution in [0.5, 0.6) is 0 Å². The zero-order chi connectivity index (χ0) is 16.2. The lowest BCUT2D eigenvalue weighted by atomic mass is 10.3. The van der Waals surface area contributed by atoms with Crippen LogP contribution in [0.25, 0.3) is 0 Å². The fourth-order valence-electron chi connectivity index (χ4n) is 1.78. The molecule has 3 nitrogen and oxygen atoms in total. The van der Waals surface area contributed by atoms with Crippen LogP contribution in [0, 0.1) is 5.82 Å². The number of nitrogens with one attached hydrogen (secondary N) is 1. The average molecular weight is 332 g/mol. The van der Waals surface area contributed by atoms with Gasteiger partial charge in [0.05, 0.1) is 5.69 Å². The number of amides is 2. The first-order valence-electron chi connectivity index (χ1n) is 6.23. The molecule has 0 aliphatic carbocycles. The standard InChI is InChI=1S/C14H12F4N2OS/c15-11-3-1-2-4-12(11)19-13(21)20(9-14(16,17)18)7-10-5-6-22-8-10/h1-6,8H,7,9H2,(H,19,21). The number of urea groups is 1. The number of anilines is 1. The summed E-state index contributed by atoms with van der Waals surface area (Å²) in [5.74, 6) is -0.710. The summed E-state index contributed by atoms with van der Waals surface area (Å²) in [4.78, 5) is 12.6. The van der Waals surface area contributed by atoms with Crippen LogP contribution < -0.4 is 5.32 Å². The molecule has 0 aliphatic heterocycles. The highest BCUT2D eigenvalue weighted by molar-refractivity contribution is 7.07. The fraction of sp³-hybridized carbons (Fsp3) is 0.214. The topological polar surface area (TPSA) is 32.3 Å². The summed E-state index contributed by atoms with van der Waals surface area (Å²) in [6.45, 7) is -1.62. The molecule has 2 amide bonds. The molecular formula is C14H12F4N2OS. The number of rotatable bonds is 4. The van der Waals surface area contributed by atoms with Gasteiger partial charge in [0, 0.05) is 6.54 Å². The maximum Gasteiger partial charge on any atom is 0.406 e. The fourth-order valence-corrected chi connectivity index (χ4v) is 2.44. The predicted octanol–water partition coefficient (Wildman–Crippen LogP) is 4.48. The van der Waals surface area contributed by atoms with Crippen molar-refractivity contribution in [1.82, 2.24) is 4.90 Å². The molecule has 8 heteroatoms. The molecule has 1 aromatic heterocycles. The van der Waals surface area contributed by atoms with Crippen molar-refractivity contribution in [1.29, 1.82) is 0 Å². The second kappa shape index (κ2) is 6.78. The molecule has 1 heterocycles. The Kier molecular flexibility index (Phi) is 5.02. The molecule has 0 spiro atoms. The zero-order valence-electron chi connectivity index (χ0n) is 11.2. The maximum absolute atomic E-state index is 13.5. The maximum atomic E-state index is 13.5. The number of carbonyl (C=O) groups is 1. The lowest BCUT2D eigenvalue weighted by Gasteiger charge is -2.24. The van der Waals surface area contributed by atoms with E-state index in [1.807, 2.05) is 0 Å². The molecule has 0 aliphatic rings. The normalized spacial score (nSPS) is 11.3. The first-order chi connectivity index (χ1) is 10.3. The van der Waals surface area contributed by atoms with E-state index in [4.69, 9.17) is 0 Å². The minimum Gasteiger partial charge on any atom is -0.311 e. The monoisotopic (exact) mass is 332 g/mol. The third kappa shape index (κ3) is 4.73. The van der Waals surface area contributed by atoms with E-state index in [0.29, 0.717) is 10.5 Å². The van der Waals surface area contributed by atoms with Gasteiger partial charge in [-0.2, -0.15) is 24.5 Å². The van der Waals surface area contributed by atoms with Crippen molar-refractivity contribution in [3.63, 3.8) is 0 Å². The Bertz CT molecular complexity index is 628. The van der Waals surface area contributed by atoms with Crippen molar-refractivity contribution in [3.8, 4) is 0 Å². The molecule has 2 aromatic rings. The van der Waals surface area contributed by atoms with Gasteiger partial charge in [0.15, 0.2) is 0 Å². The highest BCUT2D eigenvalue weighted by Gasteiger charge is 2.33. The number of benzene rings is 1. The number of halogens is 4. The van der Waals surface area contributed by atoms with Crippen LogP contribution in [0.2, 0.25) is 0 Å². The van der Waals surface area contributed by atoms with E-state index in [1.54, 1.807) is 16.8 Å². The second-order valence-electron chi connectivity index (χ2n) is 4.51. The third-order valence-electron chi connectivity index (χ3n) is 2.73. The Labute approximate surface area is 128 Å². The molecular weight excluding hydrogens is 320 g/mol. The van der Waals surface area contributed by atoms with Gasteiger partial charge in [-0.05, 0) is 34.5 Å². The quantitative estimate of drug-likeness (QED) is 0.823. The summed E-state index contributed by atoms with van der Waals surface area (Å²) in [6.07, 6.45) is -4.54. The van der Waals surface area contributed by atoms with Crippen molar-refractivity contribution in [3.05, 3.63) is 52.5 Å². The Morgan fingerprint density at radius 2 is 1.95 bits per heavy atom. The molecule has 1 N–H and O–H groups in total. The van der Waals surface area contributed by atoms with E-state index in [1.165, 1.54) is 29.5 Å². The smallest absolute Gasteiger partial charge is 0.311 e. The number of nitrogens with zero attached hydrogens (tertiary/aromatic N) is 1. The van der Waals surface area contributed by atoms with Gasteiger partial charge in [-0.3, -0.25) is 0 Å². The van der Waals surface area contributed by atoms with Crippen LogP contribution >= 0.6 is 11.3 Å². The Morgan fingerprint density at radius 1 is 1.23 bits per heavy atom. The van der Waals surface area contributed by atoms with E-state index in [2.05, 4.69) is 5.32 Å². The molecule has 22 heavy (non-hydrogen) atoms. The second-order valence-corrected chi connectivity index (χ2v) is 5.29. The van der Waals surface area contributed by atoms with Crippen LogP contribution in [0.15, 0.2) is 41.1 Å². The van der Waals surface area contributed by atoms with E-state index < -0.39 is 24.6 Å². The molecule has 0 fully saturated rings. The van der Waals surface area contributed by atoms with Crippen LogP contribution in [0.4, 0.5) is 28.0 Å². The molecule has 0 saturated carbocycles. The predicted molar refractivity (Wildman–Crippen MR) is 76.2 cm³/mol. The van der Waals surface area contributed by atoms with Gasteiger partial charge in [0.2, 0.25) is 0 Å². The Balaban J connectivity index is 2.13. The number of hydrogen-bond donors (Lipinski definition) is 1. The van der Waals surface area contributed by atoms with Crippen LogP contribution in [0.1, 0.15) is 5.56 Å². The SMILES string of the molecule is O=C(Nc1ccccc1F)N(Cc1ccsc1)CC(F)(F)F. The lowest BCUT2D eigenvalue weighted by Crippen LogP contribution is -2.41. The van der Waals surface area contributed by atoms with Crippen molar-refractivity contribution in [2.24, 2.45) is 0 Å². The minimum absolute atomic E-state index is 0.162. The summed E-state index contributed by atoms with van der Waals surface area (Å²) in [7, 11) is 0. The van der Waals surface area contributed by atoms with Crippen LogP contribution in [-0.2, 0) is 6.54 Å². The van der Waals surface area contributed by atoms with Gasteiger partial charge in [-0.15, -0.1) is 0 Å². The average Bonchev–Trinajstić information content (AvgIpc) is 2.92. The molecule has 0 bridgehead atoms. The van der Waals surface area contributed by atoms with Crippen molar-refractivity contribution >= 4 is 23.1 Å². The highest BCUT2D eigenvalue weighted by atomic mass is 32.1. The largest absolute Gasteiger partial charge is 0.406 e. The van der Waals surface area contributed by atoms with Crippen molar-refractivity contribution in [2.45, 2.75) is 12.7 Å². The van der Waals surface area contributed by atoms with Crippen molar-refractivity contribution < 1.29 is 22.4 Å². The van der Waals surface area contributed by atoms with Gasteiger partial charge in [0.1, 0.15) is 12.4 Å². The number of hydrogen-bond acceptors (Lipinski definition) is 2. The lowest BCUT2D eigenvalue weighted by molar-refractivity contribution is -0.140. The number of thiophene rings is 1. The Morgan fingerprint density at radius 3 is 2.55 bits per heavy atom. The van der Waals surface area contributed by atoms with E-state index in [9.17, 15) is 22.4 Å². The minimum atomic E-state index is -4.54. The summed E-state index contributed by atoms with van der Waals surface area (Å²) in [5, 5.41) is 5.52. The van der Waals surface area contributed by atoms with Gasteiger partial charge in [0.25, 0.3) is 0 Å². The number of carbonyl (C=O) groups excluding carboxylic acids is 1. The summed E-state index contributed by atoms with van der Waals surface area (Å²) >= 11 is 1.32. The van der Waals surface area contributed by atoms with Crippen LogP contribution in [0.3, 0.4) is 0 Å². The summed E-state index contributed by atoms with van der Waals surface area (Å²) in [5.41, 5.74) is 0.419. The highest BCUT2D eigenvalue weighted by Crippen LogP contribution is 2.21. The third-order valence-corrected chi connectivity index (χ3v) is 3.46. The van der Waals surface area contributed by atoms with Crippen LogP contribution in [-0.4, -0.2) is 23.7 Å². The number of para-hydroxylation sites is 1. The van der Waals surface area contributed by atoms with E-state index in [-0.39, 0.29) is 12.2 Å². The van der Waals surface area contributed by atoms with Gasteiger partial charge >= 0.3 is 12.2 Å². The van der Waals surface area contributed by atoms with Gasteiger partial charge < -0.3 is 10.2 Å². The molecule has 1 aromatic carbocycles. The summed E-state index contributed by atoms with van der Waals surface area (Å²) < 4.78 is 51.3. The summed E-state index contributed by atoms with van der Waals surface area (Å²) in [6, 6.07) is 5.92. The Hall–Kier alpha value is -2.09.